The van der Waals surface area contributed by atoms with E-state index < -0.39 is 0 Å². The van der Waals surface area contributed by atoms with Gasteiger partial charge in [-0.25, -0.2) is 4.98 Å². The van der Waals surface area contributed by atoms with Crippen molar-refractivity contribution in [3.05, 3.63) is 59.1 Å². The van der Waals surface area contributed by atoms with Crippen LogP contribution in [0.4, 0.5) is 0 Å². The smallest absolute Gasteiger partial charge is 0.220 e. The van der Waals surface area contributed by atoms with Gasteiger partial charge in [-0.1, -0.05) is 24.3 Å². The molecule has 1 amide bonds. The number of unbranched alkanes of at least 4 members (excludes halogenated alkanes) is 1. The van der Waals surface area contributed by atoms with Crippen LogP contribution in [0.3, 0.4) is 0 Å². The van der Waals surface area contributed by atoms with Gasteiger partial charge in [0.05, 0.1) is 27.4 Å². The summed E-state index contributed by atoms with van der Waals surface area (Å²) in [5, 5.41) is 4.24. The van der Waals surface area contributed by atoms with E-state index in [1.165, 1.54) is 4.70 Å². The maximum absolute atomic E-state index is 12.3. The summed E-state index contributed by atoms with van der Waals surface area (Å²) in [6.45, 7) is 6.02. The first kappa shape index (κ1) is 20.3. The fraction of sp³-hybridized carbons (Fsp3) is 0.391. The average Bonchev–Trinajstić information content (AvgIpc) is 3.08. The minimum absolute atomic E-state index is 0.0347. The third-order valence-electron chi connectivity index (χ3n) is 4.49. The average molecular weight is 397 g/mol. The first-order chi connectivity index (χ1) is 13.5. The lowest BCUT2D eigenvalue weighted by atomic mass is 10.1. The van der Waals surface area contributed by atoms with Gasteiger partial charge in [0.1, 0.15) is 5.75 Å². The number of amides is 1. The van der Waals surface area contributed by atoms with Crippen LogP contribution < -0.4 is 10.1 Å². The lowest BCUT2D eigenvalue weighted by molar-refractivity contribution is -0.121. The lowest BCUT2D eigenvalue weighted by Gasteiger charge is -2.16. The number of thiazole rings is 1. The van der Waals surface area contributed by atoms with Crippen LogP contribution in [0.2, 0.25) is 0 Å². The molecule has 28 heavy (non-hydrogen) atoms. The molecular formula is C23H28N2O2S. The normalized spacial score (nSPS) is 12.3. The summed E-state index contributed by atoms with van der Waals surface area (Å²) in [7, 11) is 0. The molecule has 2 aromatic carbocycles. The van der Waals surface area contributed by atoms with Crippen LogP contribution in [0.15, 0.2) is 48.5 Å². The summed E-state index contributed by atoms with van der Waals surface area (Å²) in [6.07, 6.45) is 3.44. The number of ether oxygens (including phenoxy) is 1. The number of nitrogens with one attached hydrogen (secondary N) is 1. The number of benzene rings is 2. The SMILES string of the molecule is CC(C)Oc1cccc(C(C)NC(=O)CCCCc2nc3ccccc3s2)c1. The fourth-order valence-electron chi connectivity index (χ4n) is 3.11. The second-order valence-electron chi connectivity index (χ2n) is 7.31. The van der Waals surface area contributed by atoms with Crippen LogP contribution in [0.1, 0.15) is 56.6 Å². The van der Waals surface area contributed by atoms with Crippen LogP contribution >= 0.6 is 11.3 Å². The van der Waals surface area contributed by atoms with Crippen molar-refractivity contribution in [3.63, 3.8) is 0 Å². The topological polar surface area (TPSA) is 51.2 Å². The molecule has 0 aliphatic rings. The Labute approximate surface area is 171 Å². The van der Waals surface area contributed by atoms with Gasteiger partial charge in [-0.15, -0.1) is 11.3 Å². The summed E-state index contributed by atoms with van der Waals surface area (Å²) in [5.41, 5.74) is 2.12. The molecule has 0 saturated carbocycles. The van der Waals surface area contributed by atoms with Gasteiger partial charge in [-0.05, 0) is 69.9 Å². The van der Waals surface area contributed by atoms with Gasteiger partial charge >= 0.3 is 0 Å². The lowest BCUT2D eigenvalue weighted by Crippen LogP contribution is -2.26. The van der Waals surface area contributed by atoms with Crippen molar-refractivity contribution in [1.82, 2.24) is 10.3 Å². The highest BCUT2D eigenvalue weighted by Gasteiger charge is 2.11. The number of rotatable bonds is 9. The molecular weight excluding hydrogens is 368 g/mol. The van der Waals surface area contributed by atoms with Gasteiger partial charge in [0, 0.05) is 6.42 Å². The molecule has 0 saturated heterocycles. The molecule has 4 nitrogen and oxygen atoms in total. The molecule has 1 N–H and O–H groups in total. The van der Waals surface area contributed by atoms with Gasteiger partial charge in [-0.2, -0.15) is 0 Å². The van der Waals surface area contributed by atoms with Crippen molar-refractivity contribution < 1.29 is 9.53 Å². The molecule has 1 aromatic heterocycles. The number of carbonyl (C=O) groups is 1. The Kier molecular flexibility index (Phi) is 7.04. The maximum Gasteiger partial charge on any atom is 0.220 e. The minimum Gasteiger partial charge on any atom is -0.491 e. The molecule has 0 spiro atoms. The Bertz CT molecular complexity index is 887. The number of nitrogens with zero attached hydrogens (tertiary/aromatic N) is 1. The number of aromatic nitrogens is 1. The molecule has 1 atom stereocenters. The Hall–Kier alpha value is -2.40. The number of hydrogen-bond acceptors (Lipinski definition) is 4. The van der Waals surface area contributed by atoms with Crippen LogP contribution in [0.25, 0.3) is 10.2 Å². The molecule has 3 rings (SSSR count). The molecule has 3 aromatic rings. The largest absolute Gasteiger partial charge is 0.491 e. The third kappa shape index (κ3) is 5.80. The van der Waals surface area contributed by atoms with E-state index in [4.69, 9.17) is 4.74 Å². The van der Waals surface area contributed by atoms with Crippen molar-refractivity contribution in [2.24, 2.45) is 0 Å². The van der Waals surface area contributed by atoms with E-state index in [0.717, 1.165) is 41.1 Å². The van der Waals surface area contributed by atoms with Crippen LogP contribution in [-0.2, 0) is 11.2 Å². The number of aryl methyl sites for hydroxylation is 1. The Morgan fingerprint density at radius 1 is 1.11 bits per heavy atom. The maximum atomic E-state index is 12.3. The third-order valence-corrected chi connectivity index (χ3v) is 5.59. The Balaban J connectivity index is 1.42. The molecule has 0 aliphatic heterocycles. The molecule has 148 valence electrons. The predicted molar refractivity (Wildman–Crippen MR) is 116 cm³/mol. The van der Waals surface area contributed by atoms with Gasteiger partial charge in [0.2, 0.25) is 5.91 Å². The van der Waals surface area contributed by atoms with Gasteiger partial charge < -0.3 is 10.1 Å². The van der Waals surface area contributed by atoms with Gasteiger partial charge in [0.25, 0.3) is 0 Å². The molecule has 0 bridgehead atoms. The number of carbonyl (C=O) groups excluding carboxylic acids is 1. The van der Waals surface area contributed by atoms with E-state index in [9.17, 15) is 4.79 Å². The predicted octanol–water partition coefficient (Wildman–Crippen LogP) is 5.67. The zero-order valence-corrected chi connectivity index (χ0v) is 17.6. The molecule has 1 unspecified atom stereocenters. The van der Waals surface area contributed by atoms with Crippen molar-refractivity contribution >= 4 is 27.5 Å². The van der Waals surface area contributed by atoms with E-state index in [1.807, 2.05) is 63.2 Å². The van der Waals surface area contributed by atoms with Gasteiger partial charge in [0.15, 0.2) is 0 Å². The van der Waals surface area contributed by atoms with E-state index >= 15 is 0 Å². The first-order valence-electron chi connectivity index (χ1n) is 9.91. The summed E-state index contributed by atoms with van der Waals surface area (Å²) >= 11 is 1.75. The molecule has 0 radical (unpaired) electrons. The summed E-state index contributed by atoms with van der Waals surface area (Å²) < 4.78 is 6.97. The fourth-order valence-corrected chi connectivity index (χ4v) is 4.12. The summed E-state index contributed by atoms with van der Waals surface area (Å²) in [6, 6.07) is 16.1. The molecule has 5 heteroatoms. The quantitative estimate of drug-likeness (QED) is 0.474. The second kappa shape index (κ2) is 9.69. The van der Waals surface area contributed by atoms with Crippen molar-refractivity contribution in [1.29, 1.82) is 0 Å². The zero-order chi connectivity index (χ0) is 19.9. The van der Waals surface area contributed by atoms with Gasteiger partial charge in [-0.3, -0.25) is 4.79 Å². The summed E-state index contributed by atoms with van der Waals surface area (Å²) in [5.74, 6) is 0.927. The van der Waals surface area contributed by atoms with Crippen LogP contribution in [0.5, 0.6) is 5.75 Å². The van der Waals surface area contributed by atoms with E-state index in [-0.39, 0.29) is 18.1 Å². The monoisotopic (exact) mass is 396 g/mol. The highest BCUT2D eigenvalue weighted by molar-refractivity contribution is 7.18. The highest BCUT2D eigenvalue weighted by atomic mass is 32.1. The Morgan fingerprint density at radius 3 is 2.71 bits per heavy atom. The van der Waals surface area contributed by atoms with Crippen molar-refractivity contribution in [2.75, 3.05) is 0 Å². The number of para-hydroxylation sites is 1. The zero-order valence-electron chi connectivity index (χ0n) is 16.8. The number of hydrogen-bond donors (Lipinski definition) is 1. The second-order valence-corrected chi connectivity index (χ2v) is 8.43. The van der Waals surface area contributed by atoms with E-state index in [1.54, 1.807) is 11.3 Å². The van der Waals surface area contributed by atoms with Crippen molar-refractivity contribution in [3.8, 4) is 5.75 Å². The Morgan fingerprint density at radius 2 is 1.93 bits per heavy atom. The number of fused-ring (bicyclic) bond motifs is 1. The van der Waals surface area contributed by atoms with E-state index in [2.05, 4.69) is 16.4 Å². The van der Waals surface area contributed by atoms with Crippen LogP contribution in [-0.4, -0.2) is 17.0 Å². The molecule has 0 fully saturated rings. The summed E-state index contributed by atoms with van der Waals surface area (Å²) in [4.78, 5) is 16.9. The van der Waals surface area contributed by atoms with E-state index in [0.29, 0.717) is 6.42 Å². The first-order valence-corrected chi connectivity index (χ1v) is 10.7. The minimum atomic E-state index is -0.0347. The standard InChI is InChI=1S/C23H28N2O2S/c1-16(2)27-19-10-8-9-18(15-19)17(3)24-22(26)13-6-7-14-23-25-20-11-4-5-12-21(20)28-23/h4-5,8-12,15-17H,6-7,13-14H2,1-3H3,(H,24,26). The van der Waals surface area contributed by atoms with Crippen molar-refractivity contribution in [2.45, 2.75) is 58.6 Å². The highest BCUT2D eigenvalue weighted by Crippen LogP contribution is 2.23. The molecule has 0 aliphatic carbocycles. The molecule has 1 heterocycles. The van der Waals surface area contributed by atoms with Crippen LogP contribution in [0, 0.1) is 0 Å².